The van der Waals surface area contributed by atoms with E-state index in [-0.39, 0.29) is 0 Å². The van der Waals surface area contributed by atoms with Crippen LogP contribution >= 0.6 is 11.3 Å². The first-order valence-corrected chi connectivity index (χ1v) is 7.37. The lowest BCUT2D eigenvalue weighted by Gasteiger charge is -2.10. The average Bonchev–Trinajstić information content (AvgIpc) is 2.89. The van der Waals surface area contributed by atoms with Crippen molar-refractivity contribution in [1.29, 1.82) is 0 Å². The summed E-state index contributed by atoms with van der Waals surface area (Å²) in [6.07, 6.45) is 0. The Morgan fingerprint density at radius 1 is 1.32 bits per heavy atom. The first-order chi connectivity index (χ1) is 9.29. The third-order valence-electron chi connectivity index (χ3n) is 2.84. The fourth-order valence-corrected chi connectivity index (χ4v) is 2.68. The predicted molar refractivity (Wildman–Crippen MR) is 80.3 cm³/mol. The fourth-order valence-electron chi connectivity index (χ4n) is 1.90. The van der Waals surface area contributed by atoms with Crippen LogP contribution in [0.25, 0.3) is 11.3 Å². The molecule has 0 radical (unpaired) electrons. The third-order valence-corrected chi connectivity index (χ3v) is 3.69. The van der Waals surface area contributed by atoms with Crippen molar-refractivity contribution in [2.45, 2.75) is 13.5 Å². The van der Waals surface area contributed by atoms with Crippen molar-refractivity contribution in [2.24, 2.45) is 5.92 Å². The van der Waals surface area contributed by atoms with Gasteiger partial charge in [-0.1, -0.05) is 37.3 Å². The Morgan fingerprint density at radius 2 is 2.11 bits per heavy atom. The Balaban J connectivity index is 1.85. The molecule has 19 heavy (non-hydrogen) atoms. The van der Waals surface area contributed by atoms with Gasteiger partial charge in [-0.05, 0) is 5.92 Å². The number of aromatic nitrogens is 1. The van der Waals surface area contributed by atoms with Gasteiger partial charge in [0.05, 0.1) is 5.69 Å². The molecular weight excluding hydrogens is 256 g/mol. The number of thiazole rings is 1. The lowest BCUT2D eigenvalue weighted by molar-refractivity contribution is 0.158. The molecule has 1 aromatic heterocycles. The molecule has 1 N–H and O–H groups in total. The molecule has 1 unspecified atom stereocenters. The smallest absolute Gasteiger partial charge is 0.107 e. The van der Waals surface area contributed by atoms with Crippen LogP contribution in [0.3, 0.4) is 0 Å². The van der Waals surface area contributed by atoms with Crippen LogP contribution in [0.5, 0.6) is 0 Å². The number of benzene rings is 1. The first-order valence-electron chi connectivity index (χ1n) is 6.49. The molecule has 102 valence electrons. The normalized spacial score (nSPS) is 12.5. The summed E-state index contributed by atoms with van der Waals surface area (Å²) in [5.41, 5.74) is 2.24. The SMILES string of the molecule is COCC(C)CNCc1nc(-c2ccccc2)cs1. The Morgan fingerprint density at radius 3 is 2.84 bits per heavy atom. The van der Waals surface area contributed by atoms with Gasteiger partial charge in [-0.2, -0.15) is 0 Å². The molecule has 4 heteroatoms. The minimum atomic E-state index is 0.526. The van der Waals surface area contributed by atoms with E-state index in [2.05, 4.69) is 34.7 Å². The van der Waals surface area contributed by atoms with Crippen molar-refractivity contribution in [3.8, 4) is 11.3 Å². The Kier molecular flexibility index (Phi) is 5.51. The van der Waals surface area contributed by atoms with Gasteiger partial charge in [-0.3, -0.25) is 0 Å². The predicted octanol–water partition coefficient (Wildman–Crippen LogP) is 3.18. The molecule has 2 rings (SSSR count). The molecule has 0 saturated carbocycles. The van der Waals surface area contributed by atoms with Crippen LogP contribution in [0.2, 0.25) is 0 Å². The number of ether oxygens (including phenoxy) is 1. The van der Waals surface area contributed by atoms with Gasteiger partial charge in [0.2, 0.25) is 0 Å². The largest absolute Gasteiger partial charge is 0.384 e. The molecular formula is C15H20N2OS. The van der Waals surface area contributed by atoms with Gasteiger partial charge in [0.15, 0.2) is 0 Å². The van der Waals surface area contributed by atoms with Crippen molar-refractivity contribution in [3.05, 3.63) is 40.7 Å². The third kappa shape index (κ3) is 4.42. The summed E-state index contributed by atoms with van der Waals surface area (Å²) in [4.78, 5) is 4.65. The highest BCUT2D eigenvalue weighted by atomic mass is 32.1. The standard InChI is InChI=1S/C15H20N2OS/c1-12(10-18-2)8-16-9-15-17-14(11-19-15)13-6-4-3-5-7-13/h3-7,11-12,16H,8-10H2,1-2H3. The lowest BCUT2D eigenvalue weighted by atomic mass is 10.2. The van der Waals surface area contributed by atoms with Crippen LogP contribution in [0.15, 0.2) is 35.7 Å². The quantitative estimate of drug-likeness (QED) is 0.843. The Labute approximate surface area is 118 Å². The van der Waals surface area contributed by atoms with E-state index in [1.54, 1.807) is 18.4 Å². The molecule has 1 atom stereocenters. The molecule has 0 aliphatic heterocycles. The summed E-state index contributed by atoms with van der Waals surface area (Å²) in [6, 6.07) is 10.3. The van der Waals surface area contributed by atoms with Crippen molar-refractivity contribution >= 4 is 11.3 Å². The van der Waals surface area contributed by atoms with Crippen molar-refractivity contribution in [3.63, 3.8) is 0 Å². The van der Waals surface area contributed by atoms with E-state index in [9.17, 15) is 0 Å². The average molecular weight is 276 g/mol. The summed E-state index contributed by atoms with van der Waals surface area (Å²) in [5, 5.41) is 6.66. The van der Waals surface area contributed by atoms with Crippen LogP contribution < -0.4 is 5.32 Å². The molecule has 0 aliphatic rings. The zero-order chi connectivity index (χ0) is 13.5. The maximum Gasteiger partial charge on any atom is 0.107 e. The van der Waals surface area contributed by atoms with E-state index in [0.29, 0.717) is 5.92 Å². The van der Waals surface area contributed by atoms with Gasteiger partial charge in [0.25, 0.3) is 0 Å². The van der Waals surface area contributed by atoms with E-state index in [0.717, 1.165) is 30.4 Å². The van der Waals surface area contributed by atoms with E-state index < -0.39 is 0 Å². The maximum absolute atomic E-state index is 5.12. The number of nitrogens with zero attached hydrogens (tertiary/aromatic N) is 1. The van der Waals surface area contributed by atoms with Crippen LogP contribution in [-0.2, 0) is 11.3 Å². The Bertz CT molecular complexity index is 484. The molecule has 2 aromatic rings. The number of nitrogens with one attached hydrogen (secondary N) is 1. The van der Waals surface area contributed by atoms with E-state index in [4.69, 9.17) is 4.74 Å². The second-order valence-electron chi connectivity index (χ2n) is 4.68. The molecule has 0 amide bonds. The van der Waals surface area contributed by atoms with Crippen LogP contribution in [0.4, 0.5) is 0 Å². The molecule has 0 bridgehead atoms. The highest BCUT2D eigenvalue weighted by molar-refractivity contribution is 7.09. The van der Waals surface area contributed by atoms with Crippen molar-refractivity contribution in [2.75, 3.05) is 20.3 Å². The van der Waals surface area contributed by atoms with Gasteiger partial charge in [-0.25, -0.2) is 4.98 Å². The van der Waals surface area contributed by atoms with Crippen LogP contribution in [-0.4, -0.2) is 25.2 Å². The molecule has 1 heterocycles. The minimum absolute atomic E-state index is 0.526. The summed E-state index contributed by atoms with van der Waals surface area (Å²) >= 11 is 1.70. The first kappa shape index (κ1) is 14.2. The summed E-state index contributed by atoms with van der Waals surface area (Å²) in [7, 11) is 1.74. The van der Waals surface area contributed by atoms with Gasteiger partial charge in [0.1, 0.15) is 5.01 Å². The van der Waals surface area contributed by atoms with Gasteiger partial charge < -0.3 is 10.1 Å². The molecule has 0 fully saturated rings. The van der Waals surface area contributed by atoms with Crippen molar-refractivity contribution in [1.82, 2.24) is 10.3 Å². The van der Waals surface area contributed by atoms with Crippen LogP contribution in [0.1, 0.15) is 11.9 Å². The maximum atomic E-state index is 5.12. The number of hydrogen-bond acceptors (Lipinski definition) is 4. The van der Waals surface area contributed by atoms with E-state index in [1.807, 2.05) is 18.2 Å². The second-order valence-corrected chi connectivity index (χ2v) is 5.63. The lowest BCUT2D eigenvalue weighted by Crippen LogP contribution is -2.23. The van der Waals surface area contributed by atoms with Gasteiger partial charge >= 0.3 is 0 Å². The highest BCUT2D eigenvalue weighted by Gasteiger charge is 2.05. The zero-order valence-electron chi connectivity index (χ0n) is 11.4. The number of methoxy groups -OCH3 is 1. The van der Waals surface area contributed by atoms with E-state index >= 15 is 0 Å². The van der Waals surface area contributed by atoms with E-state index in [1.165, 1.54) is 5.56 Å². The highest BCUT2D eigenvalue weighted by Crippen LogP contribution is 2.21. The summed E-state index contributed by atoms with van der Waals surface area (Å²) < 4.78 is 5.12. The Hall–Kier alpha value is -1.23. The number of rotatable bonds is 7. The van der Waals surface area contributed by atoms with Gasteiger partial charge in [0, 0.05) is 37.7 Å². The minimum Gasteiger partial charge on any atom is -0.384 e. The summed E-state index contributed by atoms with van der Waals surface area (Å²) in [6.45, 7) is 4.74. The molecule has 0 spiro atoms. The zero-order valence-corrected chi connectivity index (χ0v) is 12.2. The van der Waals surface area contributed by atoms with Gasteiger partial charge in [-0.15, -0.1) is 11.3 Å². The number of hydrogen-bond donors (Lipinski definition) is 1. The monoisotopic (exact) mass is 276 g/mol. The second kappa shape index (κ2) is 7.38. The topological polar surface area (TPSA) is 34.1 Å². The molecule has 0 aliphatic carbocycles. The fraction of sp³-hybridized carbons (Fsp3) is 0.400. The summed E-state index contributed by atoms with van der Waals surface area (Å²) in [5.74, 6) is 0.526. The molecule has 1 aromatic carbocycles. The van der Waals surface area contributed by atoms with Crippen molar-refractivity contribution < 1.29 is 4.74 Å². The molecule has 3 nitrogen and oxygen atoms in total. The molecule has 0 saturated heterocycles. The van der Waals surface area contributed by atoms with Crippen LogP contribution in [0, 0.1) is 5.92 Å².